The number of primary amides is 1. The molecule has 0 bridgehead atoms. The van der Waals surface area contributed by atoms with Gasteiger partial charge in [-0.15, -0.1) is 0 Å². The van der Waals surface area contributed by atoms with Crippen molar-refractivity contribution in [2.45, 2.75) is 6.92 Å². The summed E-state index contributed by atoms with van der Waals surface area (Å²) in [6.45, 7) is 1.58. The van der Waals surface area contributed by atoms with Crippen LogP contribution in [0.4, 0.5) is 25.8 Å². The summed E-state index contributed by atoms with van der Waals surface area (Å²) in [6, 6.07) is 9.45. The number of carbonyl (C=O) groups excluding carboxylic acids is 2. The van der Waals surface area contributed by atoms with Crippen molar-refractivity contribution in [1.82, 2.24) is 0 Å². The molecule has 2 N–H and O–H groups in total. The van der Waals surface area contributed by atoms with E-state index in [0.717, 1.165) is 11.1 Å². The number of fused-ring (bicyclic) bond motifs is 1. The Morgan fingerprint density at radius 1 is 1.13 bits per heavy atom. The Balaban J connectivity index is 1.90. The van der Waals surface area contributed by atoms with Crippen LogP contribution in [0.25, 0.3) is 0 Å². The third-order valence-electron chi connectivity index (χ3n) is 5.02. The number of benzene rings is 2. The number of halogens is 3. The van der Waals surface area contributed by atoms with Gasteiger partial charge in [-0.25, -0.2) is 8.78 Å². The van der Waals surface area contributed by atoms with E-state index in [0.29, 0.717) is 11.3 Å². The Morgan fingerprint density at radius 2 is 1.84 bits per heavy atom. The van der Waals surface area contributed by atoms with Gasteiger partial charge in [-0.05, 0) is 48.9 Å². The van der Waals surface area contributed by atoms with Crippen molar-refractivity contribution in [3.05, 3.63) is 87.3 Å². The summed E-state index contributed by atoms with van der Waals surface area (Å²) in [5.74, 6) is -3.01. The minimum atomic E-state index is -0.932. The predicted molar refractivity (Wildman–Crippen MR) is 110 cm³/mol. The first-order valence-corrected chi connectivity index (χ1v) is 9.43. The fourth-order valence-corrected chi connectivity index (χ4v) is 3.69. The van der Waals surface area contributed by atoms with Gasteiger partial charge in [-0.2, -0.15) is 4.73 Å². The molecule has 1 aliphatic heterocycles. The van der Waals surface area contributed by atoms with Crippen LogP contribution in [0.2, 0.25) is 5.02 Å². The number of nitrogens with zero attached hydrogens (tertiary/aromatic N) is 3. The molecule has 0 atom stereocenters. The number of nitrogens with two attached hydrogens (primary N) is 1. The van der Waals surface area contributed by atoms with Gasteiger partial charge in [0.05, 0.1) is 10.7 Å². The van der Waals surface area contributed by atoms with Crippen molar-refractivity contribution < 1.29 is 23.1 Å². The van der Waals surface area contributed by atoms with Crippen LogP contribution in [0.3, 0.4) is 0 Å². The number of carbonyl (C=O) groups is 2. The Hall–Kier alpha value is -3.72. The summed E-state index contributed by atoms with van der Waals surface area (Å²) in [5.41, 5.74) is 6.00. The number of anilines is 3. The SMILES string of the molecule is Cc1cc(F)ccc1N1CN(c2ccc(C(N)=O)[n+]([O-])c2)C(=O)c2c1ccc(Cl)c2F. The van der Waals surface area contributed by atoms with Crippen molar-refractivity contribution in [1.29, 1.82) is 0 Å². The maximum Gasteiger partial charge on any atom is 0.314 e. The molecule has 2 heterocycles. The van der Waals surface area contributed by atoms with Crippen molar-refractivity contribution in [3.63, 3.8) is 0 Å². The van der Waals surface area contributed by atoms with Gasteiger partial charge in [-0.3, -0.25) is 14.5 Å². The molecule has 0 spiro atoms. The smallest absolute Gasteiger partial charge is 0.314 e. The predicted octanol–water partition coefficient (Wildman–Crippen LogP) is 3.41. The Labute approximate surface area is 180 Å². The van der Waals surface area contributed by atoms with Crippen LogP contribution in [-0.4, -0.2) is 18.5 Å². The third kappa shape index (κ3) is 3.42. The van der Waals surface area contributed by atoms with Crippen molar-refractivity contribution in [3.8, 4) is 0 Å². The molecule has 1 aromatic heterocycles. The van der Waals surface area contributed by atoms with Crippen LogP contribution in [0.1, 0.15) is 26.4 Å². The molecular formula is C21H15ClF2N4O3. The Morgan fingerprint density at radius 3 is 2.48 bits per heavy atom. The number of aromatic nitrogens is 1. The zero-order valence-electron chi connectivity index (χ0n) is 16.1. The zero-order chi connectivity index (χ0) is 22.4. The monoisotopic (exact) mass is 444 g/mol. The molecule has 3 aromatic rings. The summed E-state index contributed by atoms with van der Waals surface area (Å²) in [5, 5.41) is 11.9. The topological polar surface area (TPSA) is 93.6 Å². The second-order valence-corrected chi connectivity index (χ2v) is 7.36. The lowest BCUT2D eigenvalue weighted by Gasteiger charge is -2.38. The molecule has 2 aromatic carbocycles. The van der Waals surface area contributed by atoms with Crippen molar-refractivity contribution in [2.24, 2.45) is 5.73 Å². The average Bonchev–Trinajstić information content (AvgIpc) is 2.71. The number of rotatable bonds is 3. The number of amides is 2. The second-order valence-electron chi connectivity index (χ2n) is 6.95. The highest BCUT2D eigenvalue weighted by Gasteiger charge is 2.36. The van der Waals surface area contributed by atoms with E-state index in [4.69, 9.17) is 17.3 Å². The van der Waals surface area contributed by atoms with E-state index >= 15 is 0 Å². The second kappa shape index (κ2) is 7.51. The molecule has 158 valence electrons. The van der Waals surface area contributed by atoms with E-state index in [-0.39, 0.29) is 39.1 Å². The number of pyridine rings is 1. The van der Waals surface area contributed by atoms with E-state index in [1.54, 1.807) is 11.8 Å². The molecule has 31 heavy (non-hydrogen) atoms. The van der Waals surface area contributed by atoms with Crippen LogP contribution < -0.4 is 20.3 Å². The van der Waals surface area contributed by atoms with Gasteiger partial charge in [0.15, 0.2) is 5.82 Å². The molecule has 0 saturated heterocycles. The summed E-state index contributed by atoms with van der Waals surface area (Å²) in [4.78, 5) is 27.3. The fourth-order valence-electron chi connectivity index (χ4n) is 3.53. The van der Waals surface area contributed by atoms with E-state index in [1.807, 2.05) is 0 Å². The number of hydrogen-bond acceptors (Lipinski definition) is 4. The maximum absolute atomic E-state index is 14.9. The van der Waals surface area contributed by atoms with E-state index < -0.39 is 23.4 Å². The molecule has 0 unspecified atom stereocenters. The van der Waals surface area contributed by atoms with E-state index in [1.165, 1.54) is 42.5 Å². The normalized spacial score (nSPS) is 13.4. The molecule has 2 amide bonds. The molecule has 0 radical (unpaired) electrons. The highest BCUT2D eigenvalue weighted by molar-refractivity contribution is 6.31. The lowest BCUT2D eigenvalue weighted by molar-refractivity contribution is -0.607. The molecule has 1 aliphatic rings. The molecule has 7 nitrogen and oxygen atoms in total. The van der Waals surface area contributed by atoms with Gasteiger partial charge < -0.3 is 15.8 Å². The molecule has 0 saturated carbocycles. The summed E-state index contributed by atoms with van der Waals surface area (Å²) >= 11 is 5.91. The van der Waals surface area contributed by atoms with Gasteiger partial charge in [-0.1, -0.05) is 11.6 Å². The van der Waals surface area contributed by atoms with Gasteiger partial charge >= 0.3 is 5.91 Å². The average molecular weight is 445 g/mol. The number of aryl methyl sites for hydroxylation is 1. The summed E-state index contributed by atoms with van der Waals surface area (Å²) in [6.07, 6.45) is 1.00. The van der Waals surface area contributed by atoms with Crippen molar-refractivity contribution >= 4 is 40.5 Å². The summed E-state index contributed by atoms with van der Waals surface area (Å²) in [7, 11) is 0. The van der Waals surface area contributed by atoms with Crippen LogP contribution >= 0.6 is 11.6 Å². The van der Waals surface area contributed by atoms with Crippen LogP contribution in [-0.2, 0) is 0 Å². The van der Waals surface area contributed by atoms with Gasteiger partial charge in [0.1, 0.15) is 23.7 Å². The molecule has 0 fully saturated rings. The first-order valence-electron chi connectivity index (χ1n) is 9.05. The quantitative estimate of drug-likeness (QED) is 0.495. The lowest BCUT2D eigenvalue weighted by atomic mass is 10.0. The zero-order valence-corrected chi connectivity index (χ0v) is 16.9. The van der Waals surface area contributed by atoms with Crippen LogP contribution in [0, 0.1) is 23.8 Å². The first kappa shape index (κ1) is 20.5. The summed E-state index contributed by atoms with van der Waals surface area (Å²) < 4.78 is 28.8. The Kier molecular flexibility index (Phi) is 4.98. The molecular weight excluding hydrogens is 430 g/mol. The molecule has 4 rings (SSSR count). The maximum atomic E-state index is 14.9. The van der Waals surface area contributed by atoms with Crippen LogP contribution in [0.5, 0.6) is 0 Å². The molecule has 0 aliphatic carbocycles. The molecule has 10 heteroatoms. The van der Waals surface area contributed by atoms with E-state index in [9.17, 15) is 23.6 Å². The third-order valence-corrected chi connectivity index (χ3v) is 5.31. The standard InChI is InChI=1S/C21H15ClF2N4O3/c1-11-8-12(23)2-5-15(11)27-10-26(13-3-6-17(20(25)29)28(31)9-13)21(30)18-16(27)7-4-14(22)19(18)24/h2-9H,10H2,1H3,(H2,25,29). The fraction of sp³-hybridized carbons (Fsp3) is 0.0952. The highest BCUT2D eigenvalue weighted by Crippen LogP contribution is 2.39. The van der Waals surface area contributed by atoms with Crippen molar-refractivity contribution in [2.75, 3.05) is 16.5 Å². The highest BCUT2D eigenvalue weighted by atomic mass is 35.5. The first-order chi connectivity index (χ1) is 14.7. The number of hydrogen-bond donors (Lipinski definition) is 1. The minimum absolute atomic E-state index is 0.102. The lowest BCUT2D eigenvalue weighted by Crippen LogP contribution is -2.47. The largest absolute Gasteiger partial charge is 0.618 e. The van der Waals surface area contributed by atoms with Gasteiger partial charge in [0.25, 0.3) is 11.6 Å². The van der Waals surface area contributed by atoms with Gasteiger partial charge in [0.2, 0.25) is 6.20 Å². The minimum Gasteiger partial charge on any atom is -0.618 e. The van der Waals surface area contributed by atoms with Crippen LogP contribution in [0.15, 0.2) is 48.7 Å². The van der Waals surface area contributed by atoms with Gasteiger partial charge in [0, 0.05) is 11.8 Å². The van der Waals surface area contributed by atoms with E-state index in [2.05, 4.69) is 0 Å². The Bertz CT molecular complexity index is 1250.